The first kappa shape index (κ1) is 20.1. The lowest BCUT2D eigenvalue weighted by Gasteiger charge is -2.08. The Morgan fingerprint density at radius 1 is 1.03 bits per heavy atom. The molecule has 1 aliphatic rings. The summed E-state index contributed by atoms with van der Waals surface area (Å²) in [4.78, 5) is 17.2. The van der Waals surface area contributed by atoms with Crippen molar-refractivity contribution in [2.45, 2.75) is 5.16 Å². The molecule has 0 saturated carbocycles. The highest BCUT2D eigenvalue weighted by molar-refractivity contribution is 7.99. The molecular formula is C24H18FN3O3S. The third-order valence-corrected chi connectivity index (χ3v) is 5.77. The van der Waals surface area contributed by atoms with Gasteiger partial charge in [-0.3, -0.25) is 9.36 Å². The predicted octanol–water partition coefficient (Wildman–Crippen LogP) is 5.14. The molecule has 2 heterocycles. The van der Waals surface area contributed by atoms with E-state index in [1.807, 2.05) is 59.3 Å². The Labute approximate surface area is 188 Å². The molecule has 160 valence electrons. The third-order valence-electron chi connectivity index (χ3n) is 4.82. The number of nitrogens with zero attached hydrogens (tertiary/aromatic N) is 2. The summed E-state index contributed by atoms with van der Waals surface area (Å²) in [6, 6.07) is 21.3. The molecule has 5 rings (SSSR count). The number of aromatic nitrogens is 2. The first-order valence-electron chi connectivity index (χ1n) is 9.89. The molecule has 8 heteroatoms. The van der Waals surface area contributed by atoms with Gasteiger partial charge < -0.3 is 14.8 Å². The number of benzene rings is 3. The number of amides is 1. The first-order valence-corrected chi connectivity index (χ1v) is 10.9. The number of para-hydroxylation sites is 1. The van der Waals surface area contributed by atoms with Crippen molar-refractivity contribution < 1.29 is 18.7 Å². The number of hydrogen-bond donors (Lipinski definition) is 1. The van der Waals surface area contributed by atoms with E-state index in [0.29, 0.717) is 22.3 Å². The van der Waals surface area contributed by atoms with Crippen LogP contribution in [0.4, 0.5) is 10.1 Å². The fraction of sp³-hybridized carbons (Fsp3) is 0.0833. The van der Waals surface area contributed by atoms with Gasteiger partial charge in [0, 0.05) is 23.1 Å². The summed E-state index contributed by atoms with van der Waals surface area (Å²) in [7, 11) is 0. The number of rotatable bonds is 6. The van der Waals surface area contributed by atoms with Crippen molar-refractivity contribution in [1.82, 2.24) is 9.55 Å². The fourth-order valence-corrected chi connectivity index (χ4v) is 4.12. The molecule has 4 aromatic rings. The van der Waals surface area contributed by atoms with Crippen LogP contribution in [0.25, 0.3) is 16.9 Å². The SMILES string of the molecule is O=C(CSc1nc(-c2ccc3c(c2)OCO3)cn1-c1ccccc1)Nc1cccc(F)c1. The number of hydrogen-bond acceptors (Lipinski definition) is 5. The molecule has 32 heavy (non-hydrogen) atoms. The minimum absolute atomic E-state index is 0.126. The number of nitrogens with one attached hydrogen (secondary N) is 1. The average molecular weight is 447 g/mol. The van der Waals surface area contributed by atoms with Crippen LogP contribution in [0.5, 0.6) is 11.5 Å². The van der Waals surface area contributed by atoms with Gasteiger partial charge in [-0.1, -0.05) is 36.0 Å². The summed E-state index contributed by atoms with van der Waals surface area (Å²) >= 11 is 1.30. The number of imidazole rings is 1. The lowest BCUT2D eigenvalue weighted by Crippen LogP contribution is -2.14. The van der Waals surface area contributed by atoms with Crippen LogP contribution < -0.4 is 14.8 Å². The summed E-state index contributed by atoms with van der Waals surface area (Å²) < 4.78 is 26.2. The fourth-order valence-electron chi connectivity index (χ4n) is 3.33. The summed E-state index contributed by atoms with van der Waals surface area (Å²) in [6.45, 7) is 0.207. The molecule has 3 aromatic carbocycles. The summed E-state index contributed by atoms with van der Waals surface area (Å²) in [5.74, 6) is 0.873. The summed E-state index contributed by atoms with van der Waals surface area (Å²) in [6.07, 6.45) is 1.93. The molecule has 0 fully saturated rings. The van der Waals surface area contributed by atoms with Crippen molar-refractivity contribution in [3.05, 3.63) is 84.8 Å². The topological polar surface area (TPSA) is 65.4 Å². The number of fused-ring (bicyclic) bond motifs is 1. The molecule has 0 saturated heterocycles. The van der Waals surface area contributed by atoms with Crippen molar-refractivity contribution in [1.29, 1.82) is 0 Å². The zero-order chi connectivity index (χ0) is 21.9. The highest BCUT2D eigenvalue weighted by atomic mass is 32.2. The summed E-state index contributed by atoms with van der Waals surface area (Å²) in [5.41, 5.74) is 2.98. The van der Waals surface area contributed by atoms with E-state index >= 15 is 0 Å². The van der Waals surface area contributed by atoms with Crippen LogP contribution in [-0.4, -0.2) is 28.0 Å². The van der Waals surface area contributed by atoms with E-state index in [4.69, 9.17) is 14.5 Å². The highest BCUT2D eigenvalue weighted by Gasteiger charge is 2.18. The standard InChI is InChI=1S/C24H18FN3O3S/c25-17-5-4-6-18(12-17)26-23(29)14-32-24-27-20(13-28(24)19-7-2-1-3-8-19)16-9-10-21-22(11-16)31-15-30-21/h1-13H,14-15H2,(H,26,29). The molecule has 1 aromatic heterocycles. The Morgan fingerprint density at radius 2 is 1.88 bits per heavy atom. The second kappa shape index (κ2) is 8.76. The van der Waals surface area contributed by atoms with Crippen LogP contribution in [-0.2, 0) is 4.79 Å². The van der Waals surface area contributed by atoms with Crippen molar-refractivity contribution in [2.75, 3.05) is 17.9 Å². The maximum Gasteiger partial charge on any atom is 0.234 e. The predicted molar refractivity (Wildman–Crippen MR) is 121 cm³/mol. The minimum Gasteiger partial charge on any atom is -0.454 e. The van der Waals surface area contributed by atoms with E-state index in [-0.39, 0.29) is 18.5 Å². The van der Waals surface area contributed by atoms with E-state index in [0.717, 1.165) is 16.9 Å². The molecule has 0 unspecified atom stereocenters. The molecule has 0 spiro atoms. The van der Waals surface area contributed by atoms with Gasteiger partial charge in [-0.05, 0) is 48.5 Å². The molecule has 1 aliphatic heterocycles. The molecule has 0 atom stereocenters. The van der Waals surface area contributed by atoms with Gasteiger partial charge >= 0.3 is 0 Å². The first-order chi connectivity index (χ1) is 15.7. The number of carbonyl (C=O) groups excluding carboxylic acids is 1. The number of halogens is 1. The van der Waals surface area contributed by atoms with E-state index < -0.39 is 5.82 Å². The molecule has 6 nitrogen and oxygen atoms in total. The second-order valence-corrected chi connectivity index (χ2v) is 7.97. The van der Waals surface area contributed by atoms with Crippen LogP contribution >= 0.6 is 11.8 Å². The lowest BCUT2D eigenvalue weighted by molar-refractivity contribution is -0.113. The highest BCUT2D eigenvalue weighted by Crippen LogP contribution is 2.36. The van der Waals surface area contributed by atoms with Gasteiger partial charge in [-0.2, -0.15) is 0 Å². The zero-order valence-electron chi connectivity index (χ0n) is 16.8. The van der Waals surface area contributed by atoms with Crippen LogP contribution in [0.2, 0.25) is 0 Å². The Kier molecular flexibility index (Phi) is 5.51. The Balaban J connectivity index is 1.40. The number of ether oxygens (including phenoxy) is 2. The van der Waals surface area contributed by atoms with Crippen molar-refractivity contribution >= 4 is 23.4 Å². The minimum atomic E-state index is -0.400. The van der Waals surface area contributed by atoms with Gasteiger partial charge in [0.05, 0.1) is 11.4 Å². The van der Waals surface area contributed by atoms with E-state index in [9.17, 15) is 9.18 Å². The van der Waals surface area contributed by atoms with E-state index in [2.05, 4.69) is 5.32 Å². The largest absolute Gasteiger partial charge is 0.454 e. The number of carbonyl (C=O) groups is 1. The molecule has 0 aliphatic carbocycles. The zero-order valence-corrected chi connectivity index (χ0v) is 17.6. The number of anilines is 1. The lowest BCUT2D eigenvalue weighted by atomic mass is 10.1. The molecule has 0 radical (unpaired) electrons. The molecule has 1 amide bonds. The van der Waals surface area contributed by atoms with Gasteiger partial charge in [0.15, 0.2) is 16.7 Å². The molecule has 1 N–H and O–H groups in total. The van der Waals surface area contributed by atoms with E-state index in [1.165, 1.54) is 23.9 Å². The average Bonchev–Trinajstić information content (AvgIpc) is 3.45. The Morgan fingerprint density at radius 3 is 2.72 bits per heavy atom. The van der Waals surface area contributed by atoms with Crippen LogP contribution in [0.3, 0.4) is 0 Å². The normalized spacial score (nSPS) is 12.0. The van der Waals surface area contributed by atoms with Crippen molar-refractivity contribution in [2.24, 2.45) is 0 Å². The maximum atomic E-state index is 13.4. The molecule has 0 bridgehead atoms. The monoisotopic (exact) mass is 447 g/mol. The maximum absolute atomic E-state index is 13.4. The quantitative estimate of drug-likeness (QED) is 0.415. The van der Waals surface area contributed by atoms with Crippen LogP contribution in [0.1, 0.15) is 0 Å². The van der Waals surface area contributed by atoms with Gasteiger partial charge in [0.25, 0.3) is 0 Å². The van der Waals surface area contributed by atoms with Gasteiger partial charge in [-0.25, -0.2) is 9.37 Å². The summed E-state index contributed by atoms with van der Waals surface area (Å²) in [5, 5.41) is 3.38. The van der Waals surface area contributed by atoms with Crippen LogP contribution in [0, 0.1) is 5.82 Å². The van der Waals surface area contributed by atoms with Crippen molar-refractivity contribution in [3.63, 3.8) is 0 Å². The Bertz CT molecular complexity index is 1280. The van der Waals surface area contributed by atoms with Gasteiger partial charge in [0.2, 0.25) is 12.7 Å². The van der Waals surface area contributed by atoms with Gasteiger partial charge in [0.1, 0.15) is 5.82 Å². The second-order valence-electron chi connectivity index (χ2n) is 7.03. The number of thioether (sulfide) groups is 1. The Hall–Kier alpha value is -3.78. The molecular weight excluding hydrogens is 429 g/mol. The third kappa shape index (κ3) is 4.31. The van der Waals surface area contributed by atoms with E-state index in [1.54, 1.807) is 12.1 Å². The van der Waals surface area contributed by atoms with Gasteiger partial charge in [-0.15, -0.1) is 0 Å². The van der Waals surface area contributed by atoms with Crippen molar-refractivity contribution in [3.8, 4) is 28.4 Å². The van der Waals surface area contributed by atoms with Crippen LogP contribution in [0.15, 0.2) is 84.1 Å². The smallest absolute Gasteiger partial charge is 0.234 e.